The molecule has 8 nitrogen and oxygen atoms in total. The first-order valence-electron chi connectivity index (χ1n) is 10.2. The van der Waals surface area contributed by atoms with Gasteiger partial charge in [0.25, 0.3) is 0 Å². The van der Waals surface area contributed by atoms with Crippen molar-refractivity contribution in [3.8, 4) is 0 Å². The van der Waals surface area contributed by atoms with Crippen molar-refractivity contribution in [3.63, 3.8) is 0 Å². The Labute approximate surface area is 175 Å². The molecule has 0 unspecified atom stereocenters. The molecule has 170 valence electrons. The maximum Gasteiger partial charge on any atom is 0.500 e. The molecule has 0 aliphatic heterocycles. The van der Waals surface area contributed by atoms with Gasteiger partial charge in [0.1, 0.15) is 0 Å². The molecule has 0 amide bonds. The van der Waals surface area contributed by atoms with Gasteiger partial charge in [-0.2, -0.15) is 0 Å². The second-order valence-corrected chi connectivity index (χ2v) is 12.8. The fraction of sp³-hybridized carbons (Fsp3) is 1.00. The number of likely N-dealkylation sites (N-methyl/N-ethyl adjacent to an activating group) is 1. The van der Waals surface area contributed by atoms with Crippen LogP contribution in [0.4, 0.5) is 0 Å². The lowest BCUT2D eigenvalue weighted by Gasteiger charge is -2.29. The predicted molar refractivity (Wildman–Crippen MR) is 117 cm³/mol. The molecule has 0 rings (SSSR count). The summed E-state index contributed by atoms with van der Waals surface area (Å²) >= 11 is 0. The minimum Gasteiger partial charge on any atom is -0.377 e. The van der Waals surface area contributed by atoms with E-state index in [1.54, 1.807) is 42.7 Å². The fourth-order valence-electron chi connectivity index (χ4n) is 3.31. The van der Waals surface area contributed by atoms with Gasteiger partial charge < -0.3 is 36.4 Å². The number of nitrogens with zero attached hydrogens (tertiary/aromatic N) is 2. The molecule has 10 heteroatoms. The normalized spacial score (nSPS) is 13.1. The van der Waals surface area contributed by atoms with E-state index in [4.69, 9.17) is 26.6 Å². The first-order valence-corrected chi connectivity index (χ1v) is 14.1. The third kappa shape index (κ3) is 9.74. The number of hydrogen-bond donors (Lipinski definition) is 0. The molecule has 0 heterocycles. The van der Waals surface area contributed by atoms with Gasteiger partial charge in [-0.15, -0.1) is 0 Å². The Morgan fingerprint density at radius 2 is 0.821 bits per heavy atom. The highest BCUT2D eigenvalue weighted by Crippen LogP contribution is 2.17. The molecular weight excluding hydrogens is 396 g/mol. The molecule has 0 aliphatic rings. The van der Waals surface area contributed by atoms with Crippen molar-refractivity contribution in [2.24, 2.45) is 0 Å². The molecule has 28 heavy (non-hydrogen) atoms. The fourth-order valence-corrected chi connectivity index (χ4v) is 6.72. The van der Waals surface area contributed by atoms with Gasteiger partial charge in [-0.05, 0) is 39.0 Å². The van der Waals surface area contributed by atoms with Crippen LogP contribution in [0, 0.1) is 0 Å². The van der Waals surface area contributed by atoms with Crippen LogP contribution in [0.25, 0.3) is 0 Å². The Morgan fingerprint density at radius 1 is 0.500 bits per heavy atom. The smallest absolute Gasteiger partial charge is 0.377 e. The molecule has 0 atom stereocenters. The summed E-state index contributed by atoms with van der Waals surface area (Å²) in [7, 11) is 4.99. The lowest BCUT2D eigenvalue weighted by molar-refractivity contribution is 0.118. The Balaban J connectivity index is 4.73. The zero-order chi connectivity index (χ0) is 21.5. The molecule has 0 N–H and O–H groups in total. The van der Waals surface area contributed by atoms with Gasteiger partial charge >= 0.3 is 17.6 Å². The maximum atomic E-state index is 5.54. The summed E-state index contributed by atoms with van der Waals surface area (Å²) in [5.74, 6) is 0. The molecule has 0 aromatic rings. The van der Waals surface area contributed by atoms with E-state index in [0.717, 1.165) is 64.2 Å². The van der Waals surface area contributed by atoms with Crippen LogP contribution in [0.5, 0.6) is 0 Å². The first kappa shape index (κ1) is 28.1. The van der Waals surface area contributed by atoms with Gasteiger partial charge in [-0.25, -0.2) is 0 Å². The minimum atomic E-state index is -2.51. The van der Waals surface area contributed by atoms with E-state index < -0.39 is 17.6 Å². The molecule has 0 aliphatic carbocycles. The van der Waals surface area contributed by atoms with Gasteiger partial charge in [0, 0.05) is 67.8 Å². The van der Waals surface area contributed by atoms with Crippen molar-refractivity contribution in [3.05, 3.63) is 0 Å². The van der Waals surface area contributed by atoms with Crippen molar-refractivity contribution in [1.29, 1.82) is 0 Å². The molecule has 0 aromatic heterocycles. The van der Waals surface area contributed by atoms with Crippen molar-refractivity contribution < 1.29 is 26.6 Å². The lowest BCUT2D eigenvalue weighted by atomic mass is 10.3. The zero-order valence-corrected chi connectivity index (χ0v) is 21.4. The van der Waals surface area contributed by atoms with Crippen LogP contribution in [0.15, 0.2) is 0 Å². The van der Waals surface area contributed by atoms with Crippen LogP contribution in [0.3, 0.4) is 0 Å². The van der Waals surface area contributed by atoms with Crippen LogP contribution >= 0.6 is 0 Å². The number of rotatable bonds is 19. The Hall–Kier alpha value is 0.114. The minimum absolute atomic E-state index is 0.811. The Morgan fingerprint density at radius 3 is 1.11 bits per heavy atom. The van der Waals surface area contributed by atoms with Crippen molar-refractivity contribution >= 4 is 17.6 Å². The van der Waals surface area contributed by atoms with Crippen LogP contribution in [0.2, 0.25) is 12.1 Å². The van der Waals surface area contributed by atoms with Gasteiger partial charge in [0.2, 0.25) is 0 Å². The van der Waals surface area contributed by atoms with E-state index in [9.17, 15) is 0 Å². The standard InChI is InChI=1S/C18H44N2O6Si2/c1-9-19(10-2)15-16-20(13-11-17-27(21-3,22-4)23-5)14-12-18-28(24-6,25-7)26-8/h9-18H2,1-8H3. The largest absolute Gasteiger partial charge is 0.500 e. The monoisotopic (exact) mass is 440 g/mol. The molecule has 0 aromatic carbocycles. The van der Waals surface area contributed by atoms with Gasteiger partial charge in [0.15, 0.2) is 0 Å². The van der Waals surface area contributed by atoms with E-state index in [0.29, 0.717) is 0 Å². The van der Waals surface area contributed by atoms with Gasteiger partial charge in [-0.1, -0.05) is 13.8 Å². The molecule has 0 spiro atoms. The topological polar surface area (TPSA) is 61.9 Å². The summed E-state index contributed by atoms with van der Waals surface area (Å²) in [6, 6.07) is 1.62. The summed E-state index contributed by atoms with van der Waals surface area (Å²) in [5.41, 5.74) is 0. The second kappa shape index (κ2) is 15.9. The van der Waals surface area contributed by atoms with Crippen molar-refractivity contribution in [2.45, 2.75) is 38.8 Å². The average molecular weight is 441 g/mol. The van der Waals surface area contributed by atoms with E-state index in [1.807, 2.05) is 0 Å². The molecule has 0 radical (unpaired) electrons. The molecule has 0 bridgehead atoms. The highest BCUT2D eigenvalue weighted by atomic mass is 28.4. The van der Waals surface area contributed by atoms with Crippen LogP contribution in [-0.2, 0) is 26.6 Å². The molecule has 0 saturated heterocycles. The highest BCUT2D eigenvalue weighted by Gasteiger charge is 2.38. The summed E-state index contributed by atoms with van der Waals surface area (Å²) < 4.78 is 33.3. The van der Waals surface area contributed by atoms with Crippen LogP contribution in [0.1, 0.15) is 26.7 Å². The van der Waals surface area contributed by atoms with Gasteiger partial charge in [-0.3, -0.25) is 0 Å². The summed E-state index contributed by atoms with van der Waals surface area (Å²) in [5, 5.41) is 0. The Kier molecular flexibility index (Phi) is 16.0. The van der Waals surface area contributed by atoms with Crippen molar-refractivity contribution in [1.82, 2.24) is 9.80 Å². The predicted octanol–water partition coefficient (Wildman–Crippen LogP) is 2.17. The zero-order valence-electron chi connectivity index (χ0n) is 19.4. The van der Waals surface area contributed by atoms with E-state index in [-0.39, 0.29) is 0 Å². The summed E-state index contributed by atoms with van der Waals surface area (Å²) in [4.78, 5) is 4.95. The van der Waals surface area contributed by atoms with E-state index in [2.05, 4.69) is 23.6 Å². The van der Waals surface area contributed by atoms with E-state index in [1.165, 1.54) is 0 Å². The lowest BCUT2D eigenvalue weighted by Crippen LogP contribution is -2.44. The van der Waals surface area contributed by atoms with Crippen LogP contribution < -0.4 is 0 Å². The summed E-state index contributed by atoms with van der Waals surface area (Å²) in [6.45, 7) is 10.6. The maximum absolute atomic E-state index is 5.54. The summed E-state index contributed by atoms with van der Waals surface area (Å²) in [6.07, 6.45) is 1.95. The molecular formula is C18H44N2O6Si2. The molecule has 0 saturated carbocycles. The van der Waals surface area contributed by atoms with Crippen molar-refractivity contribution in [2.75, 3.05) is 81.9 Å². The molecule has 0 fully saturated rings. The first-order chi connectivity index (χ1) is 13.4. The third-order valence-electron chi connectivity index (χ3n) is 5.41. The highest BCUT2D eigenvalue weighted by molar-refractivity contribution is 6.60. The van der Waals surface area contributed by atoms with Gasteiger partial charge in [0.05, 0.1) is 0 Å². The third-order valence-corrected chi connectivity index (χ3v) is 11.1. The van der Waals surface area contributed by atoms with E-state index >= 15 is 0 Å². The second-order valence-electron chi connectivity index (χ2n) is 6.67. The Bertz CT molecular complexity index is 327. The SMILES string of the molecule is CCN(CC)CCN(CCC[Si](OC)(OC)OC)CCC[Si](OC)(OC)OC. The van der Waals surface area contributed by atoms with Crippen LogP contribution in [-0.4, -0.2) is 109 Å². The average Bonchev–Trinajstić information content (AvgIpc) is 2.75. The number of hydrogen-bond acceptors (Lipinski definition) is 8. The quantitative estimate of drug-likeness (QED) is 0.283.